The van der Waals surface area contributed by atoms with Gasteiger partial charge in [-0.1, -0.05) is 36.4 Å². The van der Waals surface area contributed by atoms with Gasteiger partial charge in [-0.25, -0.2) is 0 Å². The van der Waals surface area contributed by atoms with E-state index in [1.165, 1.54) is 28.0 Å². The Morgan fingerprint density at radius 2 is 1.78 bits per heavy atom. The minimum atomic E-state index is 0.0398. The Bertz CT molecular complexity index is 926. The van der Waals surface area contributed by atoms with Crippen LogP contribution < -0.4 is 9.80 Å². The highest BCUT2D eigenvalue weighted by molar-refractivity contribution is 5.86. The van der Waals surface area contributed by atoms with E-state index in [0.717, 1.165) is 6.54 Å². The highest BCUT2D eigenvalue weighted by Crippen LogP contribution is 2.52. The zero-order valence-corrected chi connectivity index (χ0v) is 13.8. The fraction of sp³-hybridized carbons (Fsp3) is 0.300. The molecule has 0 N–H and O–H groups in total. The third-order valence-corrected chi connectivity index (χ3v) is 5.80. The maximum Gasteiger partial charge on any atom is 0.111 e. The summed E-state index contributed by atoms with van der Waals surface area (Å²) in [4.78, 5) is 5.13. The van der Waals surface area contributed by atoms with E-state index < -0.39 is 0 Å². The second-order valence-electron chi connectivity index (χ2n) is 7.04. The van der Waals surface area contributed by atoms with E-state index in [-0.39, 0.29) is 5.54 Å². The van der Waals surface area contributed by atoms with Crippen LogP contribution in [-0.4, -0.2) is 17.3 Å². The fourth-order valence-electron chi connectivity index (χ4n) is 4.72. The van der Waals surface area contributed by atoms with Crippen molar-refractivity contribution in [3.63, 3.8) is 0 Å². The maximum absolute atomic E-state index is 2.59. The molecule has 23 heavy (non-hydrogen) atoms. The average molecular weight is 303 g/mol. The summed E-state index contributed by atoms with van der Waals surface area (Å²) in [6.07, 6.45) is 0.373. The molecule has 5 rings (SSSR count). The molecule has 0 amide bonds. The molecule has 3 aromatic rings. The Labute approximate surface area is 136 Å². The lowest BCUT2D eigenvalue weighted by atomic mass is 9.92. The second kappa shape index (κ2) is 4.10. The quantitative estimate of drug-likeness (QED) is 0.671. The lowest BCUT2D eigenvalue weighted by molar-refractivity contribution is 0.501. The van der Waals surface area contributed by atoms with Crippen molar-refractivity contribution in [2.24, 2.45) is 7.05 Å². The van der Waals surface area contributed by atoms with Crippen LogP contribution in [0.5, 0.6) is 0 Å². The van der Waals surface area contributed by atoms with Crippen LogP contribution in [-0.2, 0) is 12.6 Å². The van der Waals surface area contributed by atoms with Gasteiger partial charge in [0.1, 0.15) is 12.0 Å². The van der Waals surface area contributed by atoms with Crippen molar-refractivity contribution >= 4 is 22.4 Å². The number of rotatable bonds is 1. The van der Waals surface area contributed by atoms with Crippen molar-refractivity contribution in [1.29, 1.82) is 0 Å². The van der Waals surface area contributed by atoms with Crippen LogP contribution in [0, 0.1) is 0 Å². The molecule has 3 heteroatoms. The summed E-state index contributed by atoms with van der Waals surface area (Å²) in [5, 5.41) is 1.31. The van der Waals surface area contributed by atoms with Crippen LogP contribution in [0.1, 0.15) is 19.4 Å². The summed E-state index contributed by atoms with van der Waals surface area (Å²) in [7, 11) is 2.18. The van der Waals surface area contributed by atoms with Gasteiger partial charge >= 0.3 is 0 Å². The largest absolute Gasteiger partial charge is 0.348 e. The summed E-state index contributed by atoms with van der Waals surface area (Å²) in [5.74, 6) is 1.30. The van der Waals surface area contributed by atoms with Crippen molar-refractivity contribution < 1.29 is 0 Å². The summed E-state index contributed by atoms with van der Waals surface area (Å²) in [6.45, 7) is 5.76. The normalized spacial score (nSPS) is 25.4. The van der Waals surface area contributed by atoms with E-state index in [1.807, 2.05) is 0 Å². The Morgan fingerprint density at radius 1 is 1.04 bits per heavy atom. The number of fused-ring (bicyclic) bond motifs is 6. The molecule has 0 aliphatic carbocycles. The van der Waals surface area contributed by atoms with E-state index in [9.17, 15) is 0 Å². The highest BCUT2D eigenvalue weighted by atomic mass is 15.5. The fourth-order valence-corrected chi connectivity index (χ4v) is 4.72. The number of aromatic nitrogens is 1. The lowest BCUT2D eigenvalue weighted by Crippen LogP contribution is -2.47. The minimum absolute atomic E-state index is 0.0398. The summed E-state index contributed by atoms with van der Waals surface area (Å²) in [6, 6.07) is 19.8. The van der Waals surface area contributed by atoms with Gasteiger partial charge in [-0.2, -0.15) is 0 Å². The van der Waals surface area contributed by atoms with Gasteiger partial charge in [0.25, 0.3) is 0 Å². The molecule has 1 fully saturated rings. The van der Waals surface area contributed by atoms with Crippen molar-refractivity contribution in [1.82, 2.24) is 4.57 Å². The first-order chi connectivity index (χ1) is 11.1. The van der Waals surface area contributed by atoms with Crippen LogP contribution >= 0.6 is 0 Å². The first-order valence-corrected chi connectivity index (χ1v) is 8.31. The van der Waals surface area contributed by atoms with Gasteiger partial charge in [0, 0.05) is 35.7 Å². The standard InChI is InChI=1S/C20H21N3/c1-14-22-13-20(2,16-9-5-7-11-18(16)22)23(14)19-12-15-8-4-6-10-17(15)21(19)3/h4-12,14H,13H2,1-3H3. The Hall–Kier alpha value is -2.42. The van der Waals surface area contributed by atoms with Crippen LogP contribution in [0.25, 0.3) is 10.9 Å². The smallest absolute Gasteiger partial charge is 0.111 e. The molecule has 116 valence electrons. The van der Waals surface area contributed by atoms with E-state index >= 15 is 0 Å². The summed E-state index contributed by atoms with van der Waals surface area (Å²) < 4.78 is 2.33. The molecule has 2 aromatic carbocycles. The van der Waals surface area contributed by atoms with Gasteiger partial charge in [0.05, 0.1) is 5.54 Å². The number of hydrogen-bond acceptors (Lipinski definition) is 2. The molecule has 2 unspecified atom stereocenters. The number of para-hydroxylation sites is 2. The Morgan fingerprint density at radius 3 is 2.61 bits per heavy atom. The molecule has 1 aromatic heterocycles. The van der Waals surface area contributed by atoms with Crippen molar-refractivity contribution in [2.75, 3.05) is 16.3 Å². The zero-order valence-electron chi connectivity index (χ0n) is 13.8. The van der Waals surface area contributed by atoms with Crippen LogP contribution in [0.4, 0.5) is 11.5 Å². The number of anilines is 2. The first kappa shape index (κ1) is 13.1. The first-order valence-electron chi connectivity index (χ1n) is 8.31. The van der Waals surface area contributed by atoms with Crippen LogP contribution in [0.15, 0.2) is 54.6 Å². The molecule has 2 aliphatic rings. The molecule has 0 saturated carbocycles. The van der Waals surface area contributed by atoms with Gasteiger partial charge < -0.3 is 14.4 Å². The molecule has 0 spiro atoms. The number of benzene rings is 2. The van der Waals surface area contributed by atoms with Crippen molar-refractivity contribution in [3.8, 4) is 0 Å². The van der Waals surface area contributed by atoms with Gasteiger partial charge in [-0.05, 0) is 32.0 Å². The van der Waals surface area contributed by atoms with Crippen molar-refractivity contribution in [3.05, 3.63) is 60.2 Å². The van der Waals surface area contributed by atoms with E-state index in [2.05, 4.69) is 89.9 Å². The maximum atomic E-state index is 2.59. The third kappa shape index (κ3) is 1.45. The summed E-state index contributed by atoms with van der Waals surface area (Å²) in [5.41, 5.74) is 4.18. The third-order valence-electron chi connectivity index (χ3n) is 5.80. The topological polar surface area (TPSA) is 11.4 Å². The van der Waals surface area contributed by atoms with Crippen LogP contribution in [0.2, 0.25) is 0 Å². The van der Waals surface area contributed by atoms with Gasteiger partial charge in [-0.15, -0.1) is 0 Å². The monoisotopic (exact) mass is 303 g/mol. The number of hydrogen-bond donors (Lipinski definition) is 0. The molecule has 3 nitrogen and oxygen atoms in total. The molecule has 1 saturated heterocycles. The zero-order chi connectivity index (χ0) is 15.8. The van der Waals surface area contributed by atoms with Gasteiger partial charge in [0.2, 0.25) is 0 Å². The average Bonchev–Trinajstić information content (AvgIpc) is 3.14. The lowest BCUT2D eigenvalue weighted by Gasteiger charge is -2.42. The van der Waals surface area contributed by atoms with E-state index in [1.54, 1.807) is 0 Å². The SMILES string of the molecule is CC1N2CC(C)(c3ccccc32)N1c1cc2ccccc2n1C. The molecule has 0 radical (unpaired) electrons. The van der Waals surface area contributed by atoms with Crippen molar-refractivity contribution in [2.45, 2.75) is 25.6 Å². The minimum Gasteiger partial charge on any atom is -0.348 e. The molecule has 2 aliphatic heterocycles. The molecule has 2 atom stereocenters. The molecular formula is C20H21N3. The molecule has 3 heterocycles. The Kier molecular flexibility index (Phi) is 2.33. The van der Waals surface area contributed by atoms with E-state index in [0.29, 0.717) is 6.17 Å². The molecule has 2 bridgehead atoms. The second-order valence-corrected chi connectivity index (χ2v) is 7.04. The highest BCUT2D eigenvalue weighted by Gasteiger charge is 2.54. The number of nitrogens with zero attached hydrogens (tertiary/aromatic N) is 3. The number of aryl methyl sites for hydroxylation is 1. The van der Waals surface area contributed by atoms with Gasteiger partial charge in [-0.3, -0.25) is 0 Å². The summed E-state index contributed by atoms with van der Waals surface area (Å²) >= 11 is 0. The predicted molar refractivity (Wildman–Crippen MR) is 96.0 cm³/mol. The van der Waals surface area contributed by atoms with Crippen LogP contribution in [0.3, 0.4) is 0 Å². The molecular weight excluding hydrogens is 282 g/mol. The van der Waals surface area contributed by atoms with Gasteiger partial charge in [0.15, 0.2) is 0 Å². The predicted octanol–water partition coefficient (Wildman–Crippen LogP) is 4.08. The Balaban J connectivity index is 1.74. The van der Waals surface area contributed by atoms with E-state index in [4.69, 9.17) is 0 Å².